The van der Waals surface area contributed by atoms with Gasteiger partial charge in [0.2, 0.25) is 10.0 Å². The fourth-order valence-electron chi connectivity index (χ4n) is 3.68. The van der Waals surface area contributed by atoms with Gasteiger partial charge < -0.3 is 10.2 Å². The third-order valence-corrected chi connectivity index (χ3v) is 7.21. The number of benzene rings is 1. The molecule has 0 aromatic heterocycles. The highest BCUT2D eigenvalue weighted by Crippen LogP contribution is 2.33. The maximum absolute atomic E-state index is 12.8. The van der Waals surface area contributed by atoms with Gasteiger partial charge in [0.1, 0.15) is 5.69 Å². The number of piperazine rings is 1. The smallest absolute Gasteiger partial charge is 0.293 e. The first-order valence-electron chi connectivity index (χ1n) is 9.01. The second-order valence-electron chi connectivity index (χ2n) is 7.40. The Morgan fingerprint density at radius 1 is 1.19 bits per heavy atom. The lowest BCUT2D eigenvalue weighted by Crippen LogP contribution is -2.47. The van der Waals surface area contributed by atoms with Crippen LogP contribution in [0.15, 0.2) is 23.1 Å². The van der Waals surface area contributed by atoms with Crippen molar-refractivity contribution in [1.82, 2.24) is 9.21 Å². The van der Waals surface area contributed by atoms with Crippen LogP contribution >= 0.6 is 0 Å². The number of rotatable bonds is 5. The first-order valence-corrected chi connectivity index (χ1v) is 10.4. The molecule has 1 saturated carbocycles. The Hall–Kier alpha value is -1.71. The number of nitro benzene ring substituents is 1. The maximum Gasteiger partial charge on any atom is 0.293 e. The van der Waals surface area contributed by atoms with Crippen molar-refractivity contribution in [3.63, 3.8) is 0 Å². The number of likely N-dealkylation sites (N-methyl/N-ethyl adjacent to an activating group) is 1. The second kappa shape index (κ2) is 7.50. The molecule has 0 amide bonds. The normalized spacial score (nSPS) is 25.3. The zero-order valence-corrected chi connectivity index (χ0v) is 16.0. The lowest BCUT2D eigenvalue weighted by Gasteiger charge is -2.31. The van der Waals surface area contributed by atoms with E-state index in [-0.39, 0.29) is 16.6 Å². The molecule has 1 aliphatic heterocycles. The van der Waals surface area contributed by atoms with Crippen LogP contribution < -0.4 is 5.32 Å². The SMILES string of the molecule is CC1CCC(Nc2ccc(S(=O)(=O)N3CCN(C)CC3)cc2[N+](=O)[O-])C1. The minimum absolute atomic E-state index is 0.0147. The molecular weight excluding hydrogens is 356 g/mol. The molecule has 0 bridgehead atoms. The van der Waals surface area contributed by atoms with Crippen molar-refractivity contribution in [2.75, 3.05) is 38.5 Å². The summed E-state index contributed by atoms with van der Waals surface area (Å²) >= 11 is 0. The van der Waals surface area contributed by atoms with E-state index in [4.69, 9.17) is 0 Å². The molecule has 1 aromatic carbocycles. The molecular formula is C17H26N4O4S. The van der Waals surface area contributed by atoms with Crippen LogP contribution in [0.3, 0.4) is 0 Å². The van der Waals surface area contributed by atoms with Crippen molar-refractivity contribution in [3.05, 3.63) is 28.3 Å². The third-order valence-electron chi connectivity index (χ3n) is 5.32. The summed E-state index contributed by atoms with van der Waals surface area (Å²) in [5, 5.41) is 14.7. The minimum atomic E-state index is -3.72. The van der Waals surface area contributed by atoms with Gasteiger partial charge in [-0.25, -0.2) is 8.42 Å². The molecule has 144 valence electrons. The van der Waals surface area contributed by atoms with Crippen LogP contribution in [0.1, 0.15) is 26.2 Å². The van der Waals surface area contributed by atoms with E-state index in [2.05, 4.69) is 17.1 Å². The monoisotopic (exact) mass is 382 g/mol. The molecule has 0 radical (unpaired) electrons. The van der Waals surface area contributed by atoms with E-state index in [0.717, 1.165) is 19.3 Å². The minimum Gasteiger partial charge on any atom is -0.377 e. The van der Waals surface area contributed by atoms with Gasteiger partial charge in [-0.15, -0.1) is 0 Å². The van der Waals surface area contributed by atoms with Gasteiger partial charge in [0.15, 0.2) is 0 Å². The number of hydrogen-bond acceptors (Lipinski definition) is 6. The number of hydrogen-bond donors (Lipinski definition) is 1. The van der Waals surface area contributed by atoms with E-state index >= 15 is 0 Å². The van der Waals surface area contributed by atoms with E-state index in [1.165, 1.54) is 22.5 Å². The van der Waals surface area contributed by atoms with Crippen LogP contribution in [0.5, 0.6) is 0 Å². The second-order valence-corrected chi connectivity index (χ2v) is 9.34. The number of anilines is 1. The Labute approximate surface area is 154 Å². The van der Waals surface area contributed by atoms with Crippen molar-refractivity contribution < 1.29 is 13.3 Å². The number of nitrogens with zero attached hydrogens (tertiary/aromatic N) is 3. The van der Waals surface area contributed by atoms with Crippen molar-refractivity contribution in [2.24, 2.45) is 5.92 Å². The van der Waals surface area contributed by atoms with Gasteiger partial charge in [-0.1, -0.05) is 6.92 Å². The Balaban J connectivity index is 1.84. The van der Waals surface area contributed by atoms with Crippen LogP contribution in [-0.2, 0) is 10.0 Å². The summed E-state index contributed by atoms with van der Waals surface area (Å²) in [6.07, 6.45) is 3.04. The first kappa shape index (κ1) is 19.1. The number of nitrogens with one attached hydrogen (secondary N) is 1. The average Bonchev–Trinajstić information content (AvgIpc) is 3.00. The molecule has 1 aromatic rings. The van der Waals surface area contributed by atoms with Gasteiger partial charge in [-0.2, -0.15) is 4.31 Å². The van der Waals surface area contributed by atoms with Crippen molar-refractivity contribution in [2.45, 2.75) is 37.1 Å². The quantitative estimate of drug-likeness (QED) is 0.619. The summed E-state index contributed by atoms with van der Waals surface area (Å²) in [6.45, 7) is 4.27. The summed E-state index contributed by atoms with van der Waals surface area (Å²) in [5.74, 6) is 0.600. The molecule has 1 N–H and O–H groups in total. The summed E-state index contributed by atoms with van der Waals surface area (Å²) < 4.78 is 27.1. The largest absolute Gasteiger partial charge is 0.377 e. The molecule has 26 heavy (non-hydrogen) atoms. The molecule has 9 heteroatoms. The van der Waals surface area contributed by atoms with Crippen LogP contribution in [0.25, 0.3) is 0 Å². The topological polar surface area (TPSA) is 95.8 Å². The molecule has 2 fully saturated rings. The van der Waals surface area contributed by atoms with Crippen LogP contribution in [0.4, 0.5) is 11.4 Å². The first-order chi connectivity index (χ1) is 12.3. The Kier molecular flexibility index (Phi) is 5.50. The molecule has 1 saturated heterocycles. The summed E-state index contributed by atoms with van der Waals surface area (Å²) in [5.41, 5.74) is 0.214. The van der Waals surface area contributed by atoms with Crippen molar-refractivity contribution in [3.8, 4) is 0 Å². The standard InChI is InChI=1S/C17H26N4O4S/c1-13-3-4-14(11-13)18-16-6-5-15(12-17(16)21(22)23)26(24,25)20-9-7-19(2)8-10-20/h5-6,12-14,18H,3-4,7-11H2,1-2H3. The number of sulfonamides is 1. The summed E-state index contributed by atoms with van der Waals surface area (Å²) in [6, 6.07) is 4.39. The maximum atomic E-state index is 12.8. The molecule has 2 aliphatic rings. The fourth-order valence-corrected chi connectivity index (χ4v) is 5.12. The van der Waals surface area contributed by atoms with Crippen molar-refractivity contribution in [1.29, 1.82) is 0 Å². The van der Waals surface area contributed by atoms with Crippen LogP contribution in [-0.4, -0.2) is 61.8 Å². The number of nitro groups is 1. The molecule has 0 spiro atoms. The summed E-state index contributed by atoms with van der Waals surface area (Å²) in [4.78, 5) is 13.0. The Morgan fingerprint density at radius 3 is 2.46 bits per heavy atom. The lowest BCUT2D eigenvalue weighted by molar-refractivity contribution is -0.384. The molecule has 3 rings (SSSR count). The Morgan fingerprint density at radius 2 is 1.88 bits per heavy atom. The van der Waals surface area contributed by atoms with Crippen LogP contribution in [0, 0.1) is 16.0 Å². The zero-order valence-electron chi connectivity index (χ0n) is 15.2. The molecule has 2 atom stereocenters. The van der Waals surface area contributed by atoms with E-state index in [1.807, 2.05) is 7.05 Å². The zero-order chi connectivity index (χ0) is 18.9. The van der Waals surface area contributed by atoms with Gasteiger partial charge in [0.25, 0.3) is 5.69 Å². The average molecular weight is 382 g/mol. The van der Waals surface area contributed by atoms with Gasteiger partial charge in [-0.05, 0) is 44.4 Å². The predicted molar refractivity (Wildman–Crippen MR) is 99.8 cm³/mol. The molecule has 1 heterocycles. The summed E-state index contributed by atoms with van der Waals surface area (Å²) in [7, 11) is -1.78. The highest BCUT2D eigenvalue weighted by Gasteiger charge is 2.30. The van der Waals surface area contributed by atoms with E-state index in [9.17, 15) is 18.5 Å². The molecule has 2 unspecified atom stereocenters. The van der Waals surface area contributed by atoms with Gasteiger partial charge in [0, 0.05) is 38.3 Å². The van der Waals surface area contributed by atoms with Crippen molar-refractivity contribution >= 4 is 21.4 Å². The highest BCUT2D eigenvalue weighted by atomic mass is 32.2. The molecule has 8 nitrogen and oxygen atoms in total. The fraction of sp³-hybridized carbons (Fsp3) is 0.647. The van der Waals surface area contributed by atoms with E-state index in [0.29, 0.717) is 37.8 Å². The van der Waals surface area contributed by atoms with Gasteiger partial charge in [-0.3, -0.25) is 10.1 Å². The Bertz CT molecular complexity index is 775. The lowest BCUT2D eigenvalue weighted by atomic mass is 10.1. The predicted octanol–water partition coefficient (Wildman–Crippen LogP) is 2.13. The molecule has 1 aliphatic carbocycles. The van der Waals surface area contributed by atoms with E-state index < -0.39 is 14.9 Å². The highest BCUT2D eigenvalue weighted by molar-refractivity contribution is 7.89. The third kappa shape index (κ3) is 3.99. The van der Waals surface area contributed by atoms with Gasteiger partial charge in [0.05, 0.1) is 9.82 Å². The van der Waals surface area contributed by atoms with Gasteiger partial charge >= 0.3 is 0 Å². The van der Waals surface area contributed by atoms with Crippen LogP contribution in [0.2, 0.25) is 0 Å². The van der Waals surface area contributed by atoms with E-state index in [1.54, 1.807) is 0 Å².